The van der Waals surface area contributed by atoms with Crippen molar-refractivity contribution in [2.45, 2.75) is 6.43 Å². The van der Waals surface area contributed by atoms with Crippen LogP contribution in [0.1, 0.15) is 12.1 Å². The molecule has 0 unspecified atom stereocenters. The van der Waals surface area contributed by atoms with E-state index in [9.17, 15) is 8.78 Å². The minimum Gasteiger partial charge on any atom is -0.398 e. The van der Waals surface area contributed by atoms with Crippen LogP contribution in [0.3, 0.4) is 0 Å². The number of pyridine rings is 1. The number of alkyl halides is 2. The number of nitrogens with two attached hydrogens (primary N) is 1. The summed E-state index contributed by atoms with van der Waals surface area (Å²) < 4.78 is 26.5. The second-order valence-electron chi connectivity index (χ2n) is 3.19. The number of nitrogen functional groups attached to an aromatic ring is 1. The van der Waals surface area contributed by atoms with Crippen LogP contribution in [0.5, 0.6) is 0 Å². The van der Waals surface area contributed by atoms with Gasteiger partial charge in [0.1, 0.15) is 5.69 Å². The lowest BCUT2D eigenvalue weighted by Crippen LogP contribution is -1.97. The molecule has 2 aromatic rings. The lowest BCUT2D eigenvalue weighted by Gasteiger charge is -2.08. The summed E-state index contributed by atoms with van der Waals surface area (Å²) in [7, 11) is 0. The molecule has 0 bridgehead atoms. The van der Waals surface area contributed by atoms with Crippen molar-refractivity contribution in [1.29, 1.82) is 0 Å². The van der Waals surface area contributed by atoms with Crippen molar-refractivity contribution in [2.75, 3.05) is 5.73 Å². The zero-order valence-electron chi connectivity index (χ0n) is 7.85. The smallest absolute Gasteiger partial charge is 0.280 e. The van der Waals surface area contributed by atoms with Gasteiger partial charge in [-0.05, 0) is 34.1 Å². The van der Waals surface area contributed by atoms with E-state index >= 15 is 0 Å². The molecule has 0 amide bonds. The molecule has 0 radical (unpaired) electrons. The van der Waals surface area contributed by atoms with Crippen molar-refractivity contribution in [1.82, 2.24) is 4.98 Å². The first-order valence-electron chi connectivity index (χ1n) is 4.33. The van der Waals surface area contributed by atoms with Crippen LogP contribution >= 0.6 is 31.9 Å². The van der Waals surface area contributed by atoms with E-state index in [4.69, 9.17) is 5.73 Å². The highest BCUT2D eigenvalue weighted by Crippen LogP contribution is 2.34. The van der Waals surface area contributed by atoms with Gasteiger partial charge in [-0.1, -0.05) is 15.9 Å². The summed E-state index contributed by atoms with van der Waals surface area (Å²) in [6.45, 7) is 0. The van der Waals surface area contributed by atoms with Gasteiger partial charge in [0.2, 0.25) is 0 Å². The molecule has 0 aliphatic rings. The lowest BCUT2D eigenvalue weighted by atomic mass is 10.1. The Morgan fingerprint density at radius 2 is 1.81 bits per heavy atom. The van der Waals surface area contributed by atoms with Crippen molar-refractivity contribution in [2.24, 2.45) is 0 Å². The number of halogens is 4. The normalized spacial score (nSPS) is 11.3. The number of nitrogens with zero attached hydrogens (tertiary/aromatic N) is 1. The predicted octanol–water partition coefficient (Wildman–Crippen LogP) is 4.28. The zero-order chi connectivity index (χ0) is 11.9. The number of anilines is 1. The summed E-state index contributed by atoms with van der Waals surface area (Å²) in [6, 6.07) is 4.71. The molecule has 2 rings (SSSR count). The molecule has 0 aliphatic heterocycles. The molecule has 6 heteroatoms. The van der Waals surface area contributed by atoms with Crippen LogP contribution < -0.4 is 5.73 Å². The Bertz CT molecular complexity index is 558. The van der Waals surface area contributed by atoms with Gasteiger partial charge in [0, 0.05) is 20.0 Å². The van der Waals surface area contributed by atoms with Crippen molar-refractivity contribution >= 4 is 48.5 Å². The Labute approximate surface area is 107 Å². The maximum Gasteiger partial charge on any atom is 0.280 e. The van der Waals surface area contributed by atoms with Crippen molar-refractivity contribution in [3.63, 3.8) is 0 Å². The monoisotopic (exact) mass is 350 g/mol. The third kappa shape index (κ3) is 1.91. The highest BCUT2D eigenvalue weighted by atomic mass is 79.9. The summed E-state index contributed by atoms with van der Waals surface area (Å²) in [5.74, 6) is 0. The maximum absolute atomic E-state index is 12.6. The molecule has 2 nitrogen and oxygen atoms in total. The molecule has 1 heterocycles. The van der Waals surface area contributed by atoms with Gasteiger partial charge in [0.15, 0.2) is 0 Å². The number of rotatable bonds is 1. The Balaban J connectivity index is 2.86. The summed E-state index contributed by atoms with van der Waals surface area (Å²) in [5.41, 5.74) is 6.14. The van der Waals surface area contributed by atoms with E-state index in [0.29, 0.717) is 15.4 Å². The van der Waals surface area contributed by atoms with Gasteiger partial charge in [-0.25, -0.2) is 13.8 Å². The van der Waals surface area contributed by atoms with Gasteiger partial charge < -0.3 is 5.73 Å². The maximum atomic E-state index is 12.6. The molecular formula is C10H6Br2F2N2. The Hall–Kier alpha value is -0.750. The first-order valence-corrected chi connectivity index (χ1v) is 5.91. The van der Waals surface area contributed by atoms with E-state index in [1.807, 2.05) is 0 Å². The third-order valence-electron chi connectivity index (χ3n) is 2.13. The Morgan fingerprint density at radius 3 is 2.44 bits per heavy atom. The second kappa shape index (κ2) is 4.25. The standard InChI is InChI=1S/C10H6Br2F2N2/c11-4-1-2-5(12)9-8(4)6(15)3-7(16-9)10(13)14/h1-3,10H,(H2,15,16). The lowest BCUT2D eigenvalue weighted by molar-refractivity contribution is 0.146. The predicted molar refractivity (Wildman–Crippen MR) is 66.5 cm³/mol. The first kappa shape index (κ1) is 11.7. The number of hydrogen-bond acceptors (Lipinski definition) is 2. The van der Waals surface area contributed by atoms with Gasteiger partial charge in [0.05, 0.1) is 5.52 Å². The SMILES string of the molecule is Nc1cc(C(F)F)nc2c(Br)ccc(Br)c12. The van der Waals surface area contributed by atoms with Crippen molar-refractivity contribution in [3.8, 4) is 0 Å². The molecule has 2 N–H and O–H groups in total. The van der Waals surface area contributed by atoms with E-state index in [1.165, 1.54) is 6.07 Å². The summed E-state index contributed by atoms with van der Waals surface area (Å²) in [6.07, 6.45) is -2.63. The molecule has 0 atom stereocenters. The summed E-state index contributed by atoms with van der Waals surface area (Å²) >= 11 is 6.58. The minimum atomic E-state index is -2.63. The van der Waals surface area contributed by atoms with Gasteiger partial charge in [-0.2, -0.15) is 0 Å². The first-order chi connectivity index (χ1) is 7.50. The number of fused-ring (bicyclic) bond motifs is 1. The average Bonchev–Trinajstić information content (AvgIpc) is 2.22. The van der Waals surface area contributed by atoms with Gasteiger partial charge >= 0.3 is 0 Å². The van der Waals surface area contributed by atoms with E-state index in [2.05, 4.69) is 36.8 Å². The van der Waals surface area contributed by atoms with Crippen LogP contribution in [0.15, 0.2) is 27.1 Å². The fraction of sp³-hybridized carbons (Fsp3) is 0.100. The second-order valence-corrected chi connectivity index (χ2v) is 4.90. The van der Waals surface area contributed by atoms with E-state index in [1.54, 1.807) is 12.1 Å². The fourth-order valence-corrected chi connectivity index (χ4v) is 2.40. The van der Waals surface area contributed by atoms with Crippen LogP contribution in [0, 0.1) is 0 Å². The third-order valence-corrected chi connectivity index (χ3v) is 3.44. The molecule has 84 valence electrons. The van der Waals surface area contributed by atoms with E-state index in [-0.39, 0.29) is 11.4 Å². The molecule has 0 saturated carbocycles. The molecule has 0 aliphatic carbocycles. The highest BCUT2D eigenvalue weighted by molar-refractivity contribution is 9.11. The highest BCUT2D eigenvalue weighted by Gasteiger charge is 2.14. The number of hydrogen-bond donors (Lipinski definition) is 1. The fourth-order valence-electron chi connectivity index (χ4n) is 1.43. The Morgan fingerprint density at radius 1 is 1.19 bits per heavy atom. The summed E-state index contributed by atoms with van der Waals surface area (Å²) in [5, 5.41) is 0.638. The number of aromatic nitrogens is 1. The Kier molecular flexibility index (Phi) is 3.12. The minimum absolute atomic E-state index is 0.286. The van der Waals surface area contributed by atoms with Crippen LogP contribution in [0.4, 0.5) is 14.5 Å². The van der Waals surface area contributed by atoms with Crippen molar-refractivity contribution in [3.05, 3.63) is 32.8 Å². The molecule has 16 heavy (non-hydrogen) atoms. The topological polar surface area (TPSA) is 38.9 Å². The quantitative estimate of drug-likeness (QED) is 0.832. The van der Waals surface area contributed by atoms with E-state index < -0.39 is 6.43 Å². The summed E-state index contributed by atoms with van der Waals surface area (Å²) in [4.78, 5) is 3.89. The number of benzene rings is 1. The molecule has 0 fully saturated rings. The van der Waals surface area contributed by atoms with Gasteiger partial charge in [-0.3, -0.25) is 0 Å². The average molecular weight is 352 g/mol. The van der Waals surface area contributed by atoms with Gasteiger partial charge in [-0.15, -0.1) is 0 Å². The van der Waals surface area contributed by atoms with E-state index in [0.717, 1.165) is 4.47 Å². The largest absolute Gasteiger partial charge is 0.398 e. The molecule has 1 aromatic heterocycles. The van der Waals surface area contributed by atoms with Crippen molar-refractivity contribution < 1.29 is 8.78 Å². The zero-order valence-corrected chi connectivity index (χ0v) is 11.0. The van der Waals surface area contributed by atoms with Crippen LogP contribution in [-0.2, 0) is 0 Å². The molecule has 0 spiro atoms. The molecule has 0 saturated heterocycles. The molecular weight excluding hydrogens is 346 g/mol. The van der Waals surface area contributed by atoms with Gasteiger partial charge in [0.25, 0.3) is 6.43 Å². The molecule has 1 aromatic carbocycles. The van der Waals surface area contributed by atoms with Crippen LogP contribution in [0.25, 0.3) is 10.9 Å². The van der Waals surface area contributed by atoms with Crippen LogP contribution in [0.2, 0.25) is 0 Å². The van der Waals surface area contributed by atoms with Crippen LogP contribution in [-0.4, -0.2) is 4.98 Å².